The molecule has 1 fully saturated rings. The first-order valence-corrected chi connectivity index (χ1v) is 10.8. The molecular formula is C19H31NO4S. The average molecular weight is 370 g/mol. The van der Waals surface area contributed by atoms with E-state index in [1.165, 1.54) is 12.8 Å². The van der Waals surface area contributed by atoms with Crippen LogP contribution in [0.15, 0.2) is 24.3 Å². The molecule has 1 saturated carbocycles. The predicted molar refractivity (Wildman–Crippen MR) is 100 cm³/mol. The number of ether oxygens (including phenoxy) is 2. The third kappa shape index (κ3) is 6.60. The Morgan fingerprint density at radius 3 is 2.40 bits per heavy atom. The van der Waals surface area contributed by atoms with Gasteiger partial charge in [0, 0.05) is 6.04 Å². The molecule has 2 atom stereocenters. The smallest absolute Gasteiger partial charge is 0.212 e. The molecule has 0 amide bonds. The maximum atomic E-state index is 12.5. The summed E-state index contributed by atoms with van der Waals surface area (Å²) in [5, 5.41) is 0. The summed E-state index contributed by atoms with van der Waals surface area (Å²) in [5.74, 6) is 0.831. The molecule has 0 radical (unpaired) electrons. The largest absolute Gasteiger partial charge is 0.497 e. The molecule has 0 heterocycles. The first-order chi connectivity index (χ1) is 11.9. The van der Waals surface area contributed by atoms with Crippen molar-refractivity contribution in [1.82, 2.24) is 4.72 Å². The monoisotopic (exact) mass is 369 g/mol. The molecule has 0 spiro atoms. The van der Waals surface area contributed by atoms with Crippen molar-refractivity contribution in [2.45, 2.75) is 58.1 Å². The molecule has 1 aliphatic rings. The number of benzene rings is 1. The van der Waals surface area contributed by atoms with Crippen molar-refractivity contribution in [3.05, 3.63) is 29.8 Å². The molecule has 1 aromatic carbocycles. The summed E-state index contributed by atoms with van der Waals surface area (Å²) < 4.78 is 38.9. The van der Waals surface area contributed by atoms with Crippen LogP contribution in [-0.2, 0) is 14.8 Å². The van der Waals surface area contributed by atoms with Crippen molar-refractivity contribution in [2.75, 3.05) is 19.5 Å². The molecule has 0 aliphatic heterocycles. The highest BCUT2D eigenvalue weighted by atomic mass is 32.2. The van der Waals surface area contributed by atoms with Gasteiger partial charge in [-0.1, -0.05) is 38.8 Å². The van der Waals surface area contributed by atoms with E-state index in [9.17, 15) is 8.42 Å². The zero-order valence-electron chi connectivity index (χ0n) is 15.5. The maximum Gasteiger partial charge on any atom is 0.212 e. The van der Waals surface area contributed by atoms with Gasteiger partial charge in [-0.25, -0.2) is 13.1 Å². The van der Waals surface area contributed by atoms with Gasteiger partial charge in [0.05, 0.1) is 25.6 Å². The van der Waals surface area contributed by atoms with E-state index >= 15 is 0 Å². The van der Waals surface area contributed by atoms with Gasteiger partial charge in [0.15, 0.2) is 0 Å². The van der Waals surface area contributed by atoms with E-state index in [0.717, 1.165) is 24.2 Å². The topological polar surface area (TPSA) is 64.6 Å². The summed E-state index contributed by atoms with van der Waals surface area (Å²) in [6.07, 6.45) is 5.66. The van der Waals surface area contributed by atoms with Crippen LogP contribution in [0.2, 0.25) is 0 Å². The molecular weight excluding hydrogens is 338 g/mol. The van der Waals surface area contributed by atoms with Crippen LogP contribution in [0.4, 0.5) is 0 Å². The Hall–Kier alpha value is -1.11. The minimum Gasteiger partial charge on any atom is -0.497 e. The van der Waals surface area contributed by atoms with Gasteiger partial charge in [0.25, 0.3) is 0 Å². The van der Waals surface area contributed by atoms with E-state index in [1.807, 2.05) is 38.1 Å². The van der Waals surface area contributed by atoms with Gasteiger partial charge in [-0.3, -0.25) is 0 Å². The Morgan fingerprint density at radius 2 is 1.84 bits per heavy atom. The molecule has 0 bridgehead atoms. The molecule has 2 rings (SSSR count). The van der Waals surface area contributed by atoms with Crippen LogP contribution < -0.4 is 9.46 Å². The van der Waals surface area contributed by atoms with Crippen molar-refractivity contribution in [3.63, 3.8) is 0 Å². The predicted octanol–water partition coefficient (Wildman–Crippen LogP) is 3.66. The Labute approximate surface area is 152 Å². The minimum atomic E-state index is -3.36. The standard InChI is InChI=1S/C19H31NO4S/c1-4-19(16-9-11-17(23-3)12-10-16)20-25(21,22)14-15(2)13-24-18-7-5-6-8-18/h9-12,15,18-20H,4-8,13-14H2,1-3H3/t15-,19-/m0/s1. The van der Waals surface area contributed by atoms with Crippen LogP contribution in [0.3, 0.4) is 0 Å². The Bertz CT molecular complexity index is 609. The molecule has 1 aromatic rings. The molecule has 25 heavy (non-hydrogen) atoms. The zero-order valence-corrected chi connectivity index (χ0v) is 16.3. The molecule has 5 nitrogen and oxygen atoms in total. The number of nitrogens with one attached hydrogen (secondary N) is 1. The lowest BCUT2D eigenvalue weighted by Crippen LogP contribution is -2.33. The van der Waals surface area contributed by atoms with Gasteiger partial charge in [0.2, 0.25) is 10.0 Å². The normalized spacial score (nSPS) is 18.2. The van der Waals surface area contributed by atoms with Crippen LogP contribution in [0.1, 0.15) is 57.6 Å². The number of hydrogen-bond acceptors (Lipinski definition) is 4. The first kappa shape index (κ1) is 20.2. The summed E-state index contributed by atoms with van der Waals surface area (Å²) in [6, 6.07) is 7.29. The van der Waals surface area contributed by atoms with Crippen LogP contribution >= 0.6 is 0 Å². The van der Waals surface area contributed by atoms with Gasteiger partial charge in [-0.15, -0.1) is 0 Å². The maximum absolute atomic E-state index is 12.5. The molecule has 142 valence electrons. The van der Waals surface area contributed by atoms with Crippen molar-refractivity contribution in [1.29, 1.82) is 0 Å². The Morgan fingerprint density at radius 1 is 1.20 bits per heavy atom. The van der Waals surface area contributed by atoms with Crippen molar-refractivity contribution in [3.8, 4) is 5.75 Å². The third-order valence-electron chi connectivity index (χ3n) is 4.67. The van der Waals surface area contributed by atoms with Gasteiger partial charge in [-0.05, 0) is 42.9 Å². The summed E-state index contributed by atoms with van der Waals surface area (Å²) in [6.45, 7) is 4.41. The van der Waals surface area contributed by atoms with Gasteiger partial charge < -0.3 is 9.47 Å². The molecule has 1 aliphatic carbocycles. The van der Waals surface area contributed by atoms with Crippen LogP contribution in [0.5, 0.6) is 5.75 Å². The second-order valence-corrected chi connectivity index (χ2v) is 8.78. The highest BCUT2D eigenvalue weighted by Gasteiger charge is 2.22. The lowest BCUT2D eigenvalue weighted by molar-refractivity contribution is 0.0412. The minimum absolute atomic E-state index is 0.0218. The van der Waals surface area contributed by atoms with E-state index < -0.39 is 10.0 Å². The molecule has 1 N–H and O–H groups in total. The molecule has 0 aromatic heterocycles. The summed E-state index contributed by atoms with van der Waals surface area (Å²) >= 11 is 0. The fourth-order valence-electron chi connectivity index (χ4n) is 3.27. The SMILES string of the molecule is CC[C@H](NS(=O)(=O)C[C@@H](C)COC1CCCC1)c1ccc(OC)cc1. The van der Waals surface area contributed by atoms with E-state index in [1.54, 1.807) is 7.11 Å². The number of rotatable bonds is 10. The second kappa shape index (κ2) is 9.55. The van der Waals surface area contributed by atoms with Crippen molar-refractivity contribution >= 4 is 10.0 Å². The average Bonchev–Trinajstić information content (AvgIpc) is 3.11. The fraction of sp³-hybridized carbons (Fsp3) is 0.684. The van der Waals surface area contributed by atoms with Gasteiger partial charge in [0.1, 0.15) is 5.75 Å². The fourth-order valence-corrected chi connectivity index (χ4v) is 4.94. The third-order valence-corrected chi connectivity index (χ3v) is 6.32. The second-order valence-electron chi connectivity index (χ2n) is 6.98. The summed E-state index contributed by atoms with van der Waals surface area (Å²) in [7, 11) is -1.75. The zero-order chi connectivity index (χ0) is 18.3. The van der Waals surface area contributed by atoms with Crippen LogP contribution in [-0.4, -0.2) is 34.0 Å². The number of methoxy groups -OCH3 is 1. The lowest BCUT2D eigenvalue weighted by atomic mass is 10.1. The van der Waals surface area contributed by atoms with Gasteiger partial charge >= 0.3 is 0 Å². The first-order valence-electron chi connectivity index (χ1n) is 9.19. The Balaban J connectivity index is 1.88. The van der Waals surface area contributed by atoms with Crippen molar-refractivity contribution < 1.29 is 17.9 Å². The van der Waals surface area contributed by atoms with E-state index in [4.69, 9.17) is 9.47 Å². The van der Waals surface area contributed by atoms with E-state index in [-0.39, 0.29) is 17.7 Å². The highest BCUT2D eigenvalue weighted by molar-refractivity contribution is 7.89. The van der Waals surface area contributed by atoms with Gasteiger partial charge in [-0.2, -0.15) is 0 Å². The van der Waals surface area contributed by atoms with Crippen LogP contribution in [0, 0.1) is 5.92 Å². The quantitative estimate of drug-likeness (QED) is 0.683. The van der Waals surface area contributed by atoms with Crippen LogP contribution in [0.25, 0.3) is 0 Å². The number of hydrogen-bond donors (Lipinski definition) is 1. The van der Waals surface area contributed by atoms with E-state index in [0.29, 0.717) is 19.1 Å². The Kier molecular flexibility index (Phi) is 7.72. The lowest BCUT2D eigenvalue weighted by Gasteiger charge is -2.20. The number of sulfonamides is 1. The molecule has 0 saturated heterocycles. The highest BCUT2D eigenvalue weighted by Crippen LogP contribution is 2.23. The van der Waals surface area contributed by atoms with Crippen molar-refractivity contribution in [2.24, 2.45) is 5.92 Å². The van der Waals surface area contributed by atoms with E-state index in [2.05, 4.69) is 4.72 Å². The molecule has 6 heteroatoms. The summed E-state index contributed by atoms with van der Waals surface area (Å²) in [5.41, 5.74) is 0.946. The summed E-state index contributed by atoms with van der Waals surface area (Å²) in [4.78, 5) is 0. The molecule has 0 unspecified atom stereocenters.